The fourth-order valence-electron chi connectivity index (χ4n) is 2.28. The molecule has 3 rings (SSSR count). The summed E-state index contributed by atoms with van der Waals surface area (Å²) in [5.74, 6) is 1.06. The zero-order chi connectivity index (χ0) is 19.2. The first-order chi connectivity index (χ1) is 13.1. The number of halogens is 1. The molecule has 0 amide bonds. The van der Waals surface area contributed by atoms with Crippen molar-refractivity contribution in [1.29, 1.82) is 0 Å². The lowest BCUT2D eigenvalue weighted by molar-refractivity contribution is -0.383. The highest BCUT2D eigenvalue weighted by molar-refractivity contribution is 9.10. The van der Waals surface area contributed by atoms with Crippen molar-refractivity contribution in [3.8, 4) is 5.75 Å². The Balaban J connectivity index is 1.97. The molecule has 27 heavy (non-hydrogen) atoms. The van der Waals surface area contributed by atoms with E-state index in [1.165, 1.54) is 6.33 Å². The van der Waals surface area contributed by atoms with E-state index in [9.17, 15) is 10.1 Å². The number of pyridine rings is 1. The van der Waals surface area contributed by atoms with Crippen molar-refractivity contribution in [1.82, 2.24) is 15.0 Å². The minimum Gasteiger partial charge on any atom is -0.492 e. The van der Waals surface area contributed by atoms with Gasteiger partial charge in [0.05, 0.1) is 17.2 Å². The SMILES string of the molecule is CCOc1ccccc1Nc1ncnc(Nc2ccc(Br)cn2)c1[N+](=O)[O-]. The summed E-state index contributed by atoms with van der Waals surface area (Å²) in [7, 11) is 0. The van der Waals surface area contributed by atoms with E-state index in [1.54, 1.807) is 36.5 Å². The molecule has 0 aliphatic carbocycles. The van der Waals surface area contributed by atoms with Gasteiger partial charge in [-0.05, 0) is 47.1 Å². The maximum atomic E-state index is 11.7. The maximum absolute atomic E-state index is 11.7. The molecule has 138 valence electrons. The van der Waals surface area contributed by atoms with Crippen LogP contribution >= 0.6 is 15.9 Å². The molecule has 9 nitrogen and oxygen atoms in total. The Labute approximate surface area is 163 Å². The van der Waals surface area contributed by atoms with Crippen LogP contribution in [-0.4, -0.2) is 26.5 Å². The van der Waals surface area contributed by atoms with E-state index >= 15 is 0 Å². The number of para-hydroxylation sites is 2. The number of hydrogen-bond acceptors (Lipinski definition) is 8. The van der Waals surface area contributed by atoms with E-state index in [0.29, 0.717) is 23.9 Å². The third kappa shape index (κ3) is 4.47. The molecule has 0 saturated carbocycles. The first-order valence-electron chi connectivity index (χ1n) is 7.95. The van der Waals surface area contributed by atoms with Crippen molar-refractivity contribution in [3.05, 3.63) is 63.5 Å². The van der Waals surface area contributed by atoms with Gasteiger partial charge >= 0.3 is 5.69 Å². The molecule has 2 heterocycles. The van der Waals surface area contributed by atoms with Gasteiger partial charge in [-0.1, -0.05) is 12.1 Å². The van der Waals surface area contributed by atoms with Gasteiger partial charge in [0.2, 0.25) is 11.6 Å². The van der Waals surface area contributed by atoms with Gasteiger partial charge in [-0.25, -0.2) is 15.0 Å². The predicted octanol–water partition coefficient (Wildman–Crippen LogP) is 4.43. The summed E-state index contributed by atoms with van der Waals surface area (Å²) in [5.41, 5.74) is 0.266. The molecule has 10 heteroatoms. The second-order valence-electron chi connectivity index (χ2n) is 5.22. The Morgan fingerprint density at radius 3 is 2.52 bits per heavy atom. The maximum Gasteiger partial charge on any atom is 0.353 e. The lowest BCUT2D eigenvalue weighted by Crippen LogP contribution is -2.06. The van der Waals surface area contributed by atoms with Gasteiger partial charge in [-0.2, -0.15) is 0 Å². The summed E-state index contributed by atoms with van der Waals surface area (Å²) in [6.45, 7) is 2.32. The molecule has 2 aromatic heterocycles. The van der Waals surface area contributed by atoms with Gasteiger partial charge in [0.1, 0.15) is 17.9 Å². The van der Waals surface area contributed by atoms with Crippen LogP contribution in [0.25, 0.3) is 0 Å². The zero-order valence-corrected chi connectivity index (χ0v) is 15.8. The van der Waals surface area contributed by atoms with E-state index in [1.807, 2.05) is 13.0 Å². The largest absolute Gasteiger partial charge is 0.492 e. The lowest BCUT2D eigenvalue weighted by atomic mass is 10.3. The van der Waals surface area contributed by atoms with Crippen LogP contribution in [0.4, 0.5) is 28.8 Å². The number of ether oxygens (including phenoxy) is 1. The minimum atomic E-state index is -0.549. The molecule has 3 aromatic rings. The third-order valence-corrected chi connectivity index (χ3v) is 3.89. The first kappa shape index (κ1) is 18.5. The van der Waals surface area contributed by atoms with Crippen LogP contribution < -0.4 is 15.4 Å². The summed E-state index contributed by atoms with van der Waals surface area (Å²) < 4.78 is 6.33. The van der Waals surface area contributed by atoms with Gasteiger partial charge in [-0.3, -0.25) is 10.1 Å². The predicted molar refractivity (Wildman–Crippen MR) is 105 cm³/mol. The number of anilines is 4. The molecular formula is C17H15BrN6O3. The average Bonchev–Trinajstić information content (AvgIpc) is 2.65. The van der Waals surface area contributed by atoms with Crippen molar-refractivity contribution in [2.75, 3.05) is 17.2 Å². The fourth-order valence-corrected chi connectivity index (χ4v) is 2.52. The van der Waals surface area contributed by atoms with Gasteiger partial charge in [0.15, 0.2) is 0 Å². The summed E-state index contributed by atoms with van der Waals surface area (Å²) in [6.07, 6.45) is 2.81. The molecule has 0 unspecified atom stereocenters. The smallest absolute Gasteiger partial charge is 0.353 e. The number of nitrogens with one attached hydrogen (secondary N) is 2. The third-order valence-electron chi connectivity index (χ3n) is 3.42. The van der Waals surface area contributed by atoms with E-state index < -0.39 is 4.92 Å². The molecule has 0 bridgehead atoms. The molecule has 0 atom stereocenters. The highest BCUT2D eigenvalue weighted by Crippen LogP contribution is 2.35. The molecule has 0 aliphatic rings. The molecule has 0 saturated heterocycles. The van der Waals surface area contributed by atoms with Crippen LogP contribution in [-0.2, 0) is 0 Å². The molecule has 0 radical (unpaired) electrons. The van der Waals surface area contributed by atoms with Gasteiger partial charge < -0.3 is 15.4 Å². The quantitative estimate of drug-likeness (QED) is 0.417. The molecule has 0 aliphatic heterocycles. The van der Waals surface area contributed by atoms with Crippen LogP contribution in [0, 0.1) is 10.1 Å². The molecular weight excluding hydrogens is 416 g/mol. The number of aromatic nitrogens is 3. The summed E-state index contributed by atoms with van der Waals surface area (Å²) >= 11 is 3.29. The van der Waals surface area contributed by atoms with Crippen molar-refractivity contribution >= 4 is 44.8 Å². The molecule has 0 fully saturated rings. The van der Waals surface area contributed by atoms with Crippen LogP contribution in [0.15, 0.2) is 53.4 Å². The Hall–Kier alpha value is -3.27. The van der Waals surface area contributed by atoms with Crippen LogP contribution in [0.2, 0.25) is 0 Å². The van der Waals surface area contributed by atoms with Gasteiger partial charge in [0, 0.05) is 10.7 Å². The number of hydrogen-bond donors (Lipinski definition) is 2. The normalized spacial score (nSPS) is 10.3. The number of rotatable bonds is 7. The zero-order valence-electron chi connectivity index (χ0n) is 14.2. The van der Waals surface area contributed by atoms with Crippen LogP contribution in [0.3, 0.4) is 0 Å². The second-order valence-corrected chi connectivity index (χ2v) is 6.13. The van der Waals surface area contributed by atoms with E-state index in [-0.39, 0.29) is 17.3 Å². The minimum absolute atomic E-state index is 0.0289. The number of nitrogens with zero attached hydrogens (tertiary/aromatic N) is 4. The Morgan fingerprint density at radius 1 is 1.11 bits per heavy atom. The van der Waals surface area contributed by atoms with Gasteiger partial charge in [-0.15, -0.1) is 0 Å². The first-order valence-corrected chi connectivity index (χ1v) is 8.74. The lowest BCUT2D eigenvalue weighted by Gasteiger charge is -2.13. The number of nitro groups is 1. The van der Waals surface area contributed by atoms with Crippen LogP contribution in [0.1, 0.15) is 6.92 Å². The monoisotopic (exact) mass is 430 g/mol. The van der Waals surface area contributed by atoms with E-state index in [0.717, 1.165) is 4.47 Å². The number of benzene rings is 1. The van der Waals surface area contributed by atoms with Crippen molar-refractivity contribution in [3.63, 3.8) is 0 Å². The Bertz CT molecular complexity index is 952. The van der Waals surface area contributed by atoms with Crippen LogP contribution in [0.5, 0.6) is 5.75 Å². The Kier molecular flexibility index (Phi) is 5.77. The average molecular weight is 431 g/mol. The Morgan fingerprint density at radius 2 is 1.85 bits per heavy atom. The molecule has 1 aromatic carbocycles. The van der Waals surface area contributed by atoms with E-state index in [4.69, 9.17) is 4.74 Å². The van der Waals surface area contributed by atoms with Crippen molar-refractivity contribution in [2.45, 2.75) is 6.92 Å². The highest BCUT2D eigenvalue weighted by Gasteiger charge is 2.24. The summed E-state index contributed by atoms with van der Waals surface area (Å²) in [4.78, 5) is 23.3. The highest BCUT2D eigenvalue weighted by atomic mass is 79.9. The topological polar surface area (TPSA) is 115 Å². The molecule has 0 spiro atoms. The summed E-state index contributed by atoms with van der Waals surface area (Å²) in [6, 6.07) is 10.6. The van der Waals surface area contributed by atoms with E-state index in [2.05, 4.69) is 41.5 Å². The van der Waals surface area contributed by atoms with Gasteiger partial charge in [0.25, 0.3) is 0 Å². The molecule has 2 N–H and O–H groups in total. The summed E-state index contributed by atoms with van der Waals surface area (Å²) in [5, 5.41) is 17.5. The standard InChI is InChI=1S/C17H15BrN6O3/c1-2-27-13-6-4-3-5-12(13)22-16-15(24(25)26)17(21-10-20-16)23-14-8-7-11(18)9-19-14/h3-10H,2H2,1H3,(H2,19,20,21,22,23). The van der Waals surface area contributed by atoms with Crippen molar-refractivity contribution in [2.24, 2.45) is 0 Å². The second kappa shape index (κ2) is 8.41. The fraction of sp³-hybridized carbons (Fsp3) is 0.118. The van der Waals surface area contributed by atoms with Crippen molar-refractivity contribution < 1.29 is 9.66 Å².